The van der Waals surface area contributed by atoms with Crippen LogP contribution in [-0.4, -0.2) is 28.8 Å². The summed E-state index contributed by atoms with van der Waals surface area (Å²) in [6.07, 6.45) is 7.24. The van der Waals surface area contributed by atoms with Crippen molar-refractivity contribution in [3.63, 3.8) is 0 Å². The molecule has 3 unspecified atom stereocenters. The van der Waals surface area contributed by atoms with Gasteiger partial charge in [-0.15, -0.1) is 0 Å². The van der Waals surface area contributed by atoms with Crippen molar-refractivity contribution in [2.45, 2.75) is 30.8 Å². The smallest absolute Gasteiger partial charge is 0.356 e. The molecule has 1 N–H and O–H groups in total. The lowest BCUT2D eigenvalue weighted by Crippen LogP contribution is -2.12. The maximum Gasteiger partial charge on any atom is 0.356 e. The number of carbonyl (C=O) groups is 1. The number of methoxy groups -OCH3 is 1. The van der Waals surface area contributed by atoms with Gasteiger partial charge in [-0.2, -0.15) is 0 Å². The van der Waals surface area contributed by atoms with Crippen LogP contribution in [0, 0.1) is 17.8 Å². The molecule has 4 nitrogen and oxygen atoms in total. The molecule has 0 radical (unpaired) electrons. The fourth-order valence-electron chi connectivity index (χ4n) is 3.36. The Morgan fingerprint density at radius 2 is 2.44 bits per heavy atom. The van der Waals surface area contributed by atoms with E-state index in [4.69, 9.17) is 0 Å². The van der Waals surface area contributed by atoms with Gasteiger partial charge in [0, 0.05) is 5.75 Å². The van der Waals surface area contributed by atoms with Gasteiger partial charge in [0.2, 0.25) is 0 Å². The molecule has 18 heavy (non-hydrogen) atoms. The summed E-state index contributed by atoms with van der Waals surface area (Å²) < 4.78 is 4.65. The Balaban J connectivity index is 1.54. The first-order chi connectivity index (χ1) is 8.76. The molecule has 2 saturated carbocycles. The minimum atomic E-state index is -0.353. The summed E-state index contributed by atoms with van der Waals surface area (Å²) in [5, 5.41) is 0.832. The molecule has 3 rings (SSSR count). The second kappa shape index (κ2) is 4.96. The van der Waals surface area contributed by atoms with E-state index in [2.05, 4.69) is 14.7 Å². The standard InChI is InChI=1S/C13H18N2O2S/c1-17-12(16)11-6-14-13(15-11)18-7-10-5-8-2-3-9(10)4-8/h6,8-10H,2-5,7H2,1H3,(H,14,15). The summed E-state index contributed by atoms with van der Waals surface area (Å²) in [4.78, 5) is 18.5. The van der Waals surface area contributed by atoms with E-state index in [0.29, 0.717) is 5.69 Å². The molecule has 0 amide bonds. The molecule has 98 valence electrons. The molecular formula is C13H18N2O2S. The van der Waals surface area contributed by atoms with Gasteiger partial charge < -0.3 is 9.72 Å². The summed E-state index contributed by atoms with van der Waals surface area (Å²) >= 11 is 1.73. The molecule has 3 atom stereocenters. The van der Waals surface area contributed by atoms with E-state index in [9.17, 15) is 4.79 Å². The number of H-pyrrole nitrogens is 1. The van der Waals surface area contributed by atoms with Crippen LogP contribution in [0.5, 0.6) is 0 Å². The van der Waals surface area contributed by atoms with E-state index in [1.807, 2.05) is 0 Å². The lowest BCUT2D eigenvalue weighted by atomic mass is 9.90. The van der Waals surface area contributed by atoms with Crippen molar-refractivity contribution in [1.82, 2.24) is 9.97 Å². The number of nitrogens with zero attached hydrogens (tertiary/aromatic N) is 1. The number of hydrogen-bond donors (Lipinski definition) is 1. The molecular weight excluding hydrogens is 248 g/mol. The van der Waals surface area contributed by atoms with Crippen LogP contribution in [0.4, 0.5) is 0 Å². The number of ether oxygens (including phenoxy) is 1. The molecule has 1 heterocycles. The molecule has 1 aromatic rings. The number of fused-ring (bicyclic) bond motifs is 2. The van der Waals surface area contributed by atoms with Crippen LogP contribution in [0.25, 0.3) is 0 Å². The number of imidazole rings is 1. The van der Waals surface area contributed by atoms with E-state index < -0.39 is 0 Å². The number of nitrogens with one attached hydrogen (secondary N) is 1. The van der Waals surface area contributed by atoms with Crippen LogP contribution in [0.3, 0.4) is 0 Å². The quantitative estimate of drug-likeness (QED) is 0.672. The second-order valence-corrected chi connectivity index (χ2v) is 6.35. The molecule has 0 saturated heterocycles. The third kappa shape index (κ3) is 2.28. The van der Waals surface area contributed by atoms with E-state index in [0.717, 1.165) is 28.7 Å². The molecule has 0 aliphatic heterocycles. The Labute approximate surface area is 111 Å². The molecule has 2 aliphatic rings. The largest absolute Gasteiger partial charge is 0.464 e. The first-order valence-corrected chi connectivity index (χ1v) is 7.51. The zero-order valence-electron chi connectivity index (χ0n) is 10.5. The van der Waals surface area contributed by atoms with Gasteiger partial charge >= 0.3 is 5.97 Å². The average molecular weight is 266 g/mol. The zero-order valence-corrected chi connectivity index (χ0v) is 11.3. The minimum absolute atomic E-state index is 0.353. The van der Waals surface area contributed by atoms with Gasteiger partial charge in [-0.05, 0) is 37.0 Å². The van der Waals surface area contributed by atoms with Gasteiger partial charge in [0.15, 0.2) is 5.16 Å². The van der Waals surface area contributed by atoms with Gasteiger partial charge in [0.05, 0.1) is 13.3 Å². The number of aromatic amines is 1. The van der Waals surface area contributed by atoms with Crippen molar-refractivity contribution in [3.05, 3.63) is 11.9 Å². The van der Waals surface area contributed by atoms with Crippen molar-refractivity contribution >= 4 is 17.7 Å². The molecule has 2 fully saturated rings. The van der Waals surface area contributed by atoms with Gasteiger partial charge in [-0.25, -0.2) is 9.78 Å². The Kier molecular flexibility index (Phi) is 3.33. The Morgan fingerprint density at radius 3 is 3.11 bits per heavy atom. The molecule has 0 aromatic carbocycles. The summed E-state index contributed by atoms with van der Waals surface area (Å²) in [6, 6.07) is 0. The molecule has 1 aromatic heterocycles. The minimum Gasteiger partial charge on any atom is -0.464 e. The fraction of sp³-hybridized carbons (Fsp3) is 0.692. The molecule has 5 heteroatoms. The Hall–Kier alpha value is -0.970. The highest BCUT2D eigenvalue weighted by molar-refractivity contribution is 7.99. The topological polar surface area (TPSA) is 55.0 Å². The summed E-state index contributed by atoms with van der Waals surface area (Å²) in [6.45, 7) is 0. The van der Waals surface area contributed by atoms with Crippen molar-refractivity contribution in [3.8, 4) is 0 Å². The maximum absolute atomic E-state index is 11.3. The van der Waals surface area contributed by atoms with E-state index >= 15 is 0 Å². The van der Waals surface area contributed by atoms with Crippen LogP contribution < -0.4 is 0 Å². The summed E-state index contributed by atoms with van der Waals surface area (Å²) in [5.74, 6) is 3.55. The Morgan fingerprint density at radius 1 is 1.56 bits per heavy atom. The second-order valence-electron chi connectivity index (χ2n) is 5.34. The fourth-order valence-corrected chi connectivity index (χ4v) is 4.45. The van der Waals surface area contributed by atoms with Gasteiger partial charge in [-0.3, -0.25) is 0 Å². The third-order valence-corrected chi connectivity index (χ3v) is 5.35. The van der Waals surface area contributed by atoms with Crippen LogP contribution in [0.15, 0.2) is 11.4 Å². The molecule has 0 spiro atoms. The first-order valence-electron chi connectivity index (χ1n) is 6.52. The van der Waals surface area contributed by atoms with Crippen LogP contribution >= 0.6 is 11.8 Å². The first kappa shape index (κ1) is 12.1. The highest BCUT2D eigenvalue weighted by atomic mass is 32.2. The highest BCUT2D eigenvalue weighted by Crippen LogP contribution is 2.49. The van der Waals surface area contributed by atoms with Crippen molar-refractivity contribution in [1.29, 1.82) is 0 Å². The van der Waals surface area contributed by atoms with Crippen molar-refractivity contribution in [2.24, 2.45) is 17.8 Å². The number of hydrogen-bond acceptors (Lipinski definition) is 4. The van der Waals surface area contributed by atoms with E-state index in [1.54, 1.807) is 18.0 Å². The van der Waals surface area contributed by atoms with Crippen LogP contribution in [0.1, 0.15) is 36.2 Å². The SMILES string of the molecule is COC(=O)c1cnc(SCC2CC3CCC2C3)[nH]1. The monoisotopic (exact) mass is 266 g/mol. The zero-order chi connectivity index (χ0) is 12.5. The number of esters is 1. The lowest BCUT2D eigenvalue weighted by molar-refractivity contribution is 0.0594. The van der Waals surface area contributed by atoms with Gasteiger partial charge in [0.25, 0.3) is 0 Å². The lowest BCUT2D eigenvalue weighted by Gasteiger charge is -2.20. The number of thioether (sulfide) groups is 1. The summed E-state index contributed by atoms with van der Waals surface area (Å²) in [5.41, 5.74) is 0.438. The van der Waals surface area contributed by atoms with Crippen molar-refractivity contribution in [2.75, 3.05) is 12.9 Å². The van der Waals surface area contributed by atoms with E-state index in [-0.39, 0.29) is 5.97 Å². The third-order valence-electron chi connectivity index (χ3n) is 4.28. The average Bonchev–Trinajstić information content (AvgIpc) is 3.10. The Bertz CT molecular complexity index is 446. The normalized spacial score (nSPS) is 29.7. The van der Waals surface area contributed by atoms with Crippen molar-refractivity contribution < 1.29 is 9.53 Å². The summed E-state index contributed by atoms with van der Waals surface area (Å²) in [7, 11) is 1.38. The van der Waals surface area contributed by atoms with Crippen LogP contribution in [0.2, 0.25) is 0 Å². The predicted octanol–water partition coefficient (Wildman–Crippen LogP) is 2.72. The van der Waals surface area contributed by atoms with Gasteiger partial charge in [0.1, 0.15) is 5.69 Å². The van der Waals surface area contributed by atoms with Gasteiger partial charge in [-0.1, -0.05) is 18.2 Å². The van der Waals surface area contributed by atoms with Crippen LogP contribution in [-0.2, 0) is 4.74 Å². The number of rotatable bonds is 4. The number of aromatic nitrogens is 2. The number of carbonyl (C=O) groups excluding carboxylic acids is 1. The molecule has 2 aliphatic carbocycles. The predicted molar refractivity (Wildman–Crippen MR) is 69.6 cm³/mol. The molecule has 2 bridgehead atoms. The van der Waals surface area contributed by atoms with E-state index in [1.165, 1.54) is 32.8 Å². The highest BCUT2D eigenvalue weighted by Gasteiger charge is 2.39. The maximum atomic E-state index is 11.3.